The van der Waals surface area contributed by atoms with E-state index in [1.165, 1.54) is 25.7 Å². The van der Waals surface area contributed by atoms with Gasteiger partial charge in [0.25, 0.3) is 0 Å². The summed E-state index contributed by atoms with van der Waals surface area (Å²) in [7, 11) is 0. The Morgan fingerprint density at radius 2 is 2.00 bits per heavy atom. The molecule has 4 unspecified atom stereocenters. The molecular formula is C14H26N2O. The first-order chi connectivity index (χ1) is 8.06. The van der Waals surface area contributed by atoms with Crippen molar-refractivity contribution in [3.63, 3.8) is 0 Å². The third-order valence-electron chi connectivity index (χ3n) is 4.38. The lowest BCUT2D eigenvalue weighted by Crippen LogP contribution is -2.49. The fourth-order valence-corrected chi connectivity index (χ4v) is 2.99. The van der Waals surface area contributed by atoms with Crippen molar-refractivity contribution in [2.75, 3.05) is 0 Å². The number of carbonyl (C=O) groups is 1. The highest BCUT2D eigenvalue weighted by Crippen LogP contribution is 2.33. The molecule has 17 heavy (non-hydrogen) atoms. The lowest BCUT2D eigenvalue weighted by atomic mass is 9.80. The minimum absolute atomic E-state index is 0.0725. The van der Waals surface area contributed by atoms with E-state index in [1.54, 1.807) is 0 Å². The summed E-state index contributed by atoms with van der Waals surface area (Å²) in [6.07, 6.45) is 6.97. The van der Waals surface area contributed by atoms with Gasteiger partial charge < -0.3 is 11.1 Å². The van der Waals surface area contributed by atoms with Crippen molar-refractivity contribution >= 4 is 5.91 Å². The Morgan fingerprint density at radius 1 is 1.29 bits per heavy atom. The SMILES string of the molecule is CC1CCC(NC(=O)C(N)CC2CC2)C(C)C1. The number of hydrogen-bond acceptors (Lipinski definition) is 2. The summed E-state index contributed by atoms with van der Waals surface area (Å²) in [4.78, 5) is 12.0. The Hall–Kier alpha value is -0.570. The van der Waals surface area contributed by atoms with Crippen LogP contribution in [0.4, 0.5) is 0 Å². The number of carbonyl (C=O) groups excluding carboxylic acids is 1. The molecule has 0 aliphatic heterocycles. The van der Waals surface area contributed by atoms with Gasteiger partial charge in [-0.25, -0.2) is 0 Å². The molecule has 98 valence electrons. The average molecular weight is 238 g/mol. The average Bonchev–Trinajstić information content (AvgIpc) is 3.06. The highest BCUT2D eigenvalue weighted by Gasteiger charge is 2.30. The van der Waals surface area contributed by atoms with E-state index in [1.807, 2.05) is 0 Å². The van der Waals surface area contributed by atoms with E-state index in [2.05, 4.69) is 19.2 Å². The molecule has 2 saturated carbocycles. The Labute approximate surface area is 105 Å². The molecule has 0 bridgehead atoms. The second-order valence-electron chi connectivity index (χ2n) is 6.30. The van der Waals surface area contributed by atoms with Crippen LogP contribution in [0.15, 0.2) is 0 Å². The molecule has 2 rings (SSSR count). The summed E-state index contributed by atoms with van der Waals surface area (Å²) in [5, 5.41) is 3.16. The Morgan fingerprint density at radius 3 is 2.59 bits per heavy atom. The zero-order valence-corrected chi connectivity index (χ0v) is 11.1. The highest BCUT2D eigenvalue weighted by atomic mass is 16.2. The largest absolute Gasteiger partial charge is 0.352 e. The van der Waals surface area contributed by atoms with E-state index in [9.17, 15) is 4.79 Å². The van der Waals surface area contributed by atoms with Gasteiger partial charge in [-0.15, -0.1) is 0 Å². The molecule has 0 radical (unpaired) electrons. The summed E-state index contributed by atoms with van der Waals surface area (Å²) < 4.78 is 0. The van der Waals surface area contributed by atoms with E-state index >= 15 is 0 Å². The van der Waals surface area contributed by atoms with Gasteiger partial charge in [0.2, 0.25) is 5.91 Å². The van der Waals surface area contributed by atoms with Crippen LogP contribution < -0.4 is 11.1 Å². The molecule has 0 aromatic carbocycles. The van der Waals surface area contributed by atoms with Gasteiger partial charge in [0, 0.05) is 6.04 Å². The van der Waals surface area contributed by atoms with E-state index in [0.29, 0.717) is 12.0 Å². The van der Waals surface area contributed by atoms with Gasteiger partial charge in [-0.3, -0.25) is 4.79 Å². The molecule has 0 aromatic heterocycles. The van der Waals surface area contributed by atoms with Crippen molar-refractivity contribution in [1.82, 2.24) is 5.32 Å². The monoisotopic (exact) mass is 238 g/mol. The molecule has 3 heteroatoms. The first-order valence-corrected chi connectivity index (χ1v) is 7.12. The highest BCUT2D eigenvalue weighted by molar-refractivity contribution is 5.81. The molecule has 2 fully saturated rings. The predicted molar refractivity (Wildman–Crippen MR) is 69.4 cm³/mol. The van der Waals surface area contributed by atoms with E-state index in [0.717, 1.165) is 24.7 Å². The minimum Gasteiger partial charge on any atom is -0.352 e. The van der Waals surface area contributed by atoms with Crippen molar-refractivity contribution in [2.24, 2.45) is 23.5 Å². The molecule has 0 aromatic rings. The van der Waals surface area contributed by atoms with Crippen LogP contribution in [-0.4, -0.2) is 18.0 Å². The summed E-state index contributed by atoms with van der Waals surface area (Å²) in [6, 6.07) is 0.0676. The number of hydrogen-bond donors (Lipinski definition) is 2. The van der Waals surface area contributed by atoms with Crippen LogP contribution in [0.2, 0.25) is 0 Å². The van der Waals surface area contributed by atoms with E-state index in [-0.39, 0.29) is 11.9 Å². The van der Waals surface area contributed by atoms with Crippen molar-refractivity contribution in [1.29, 1.82) is 0 Å². The topological polar surface area (TPSA) is 55.1 Å². The maximum Gasteiger partial charge on any atom is 0.237 e. The lowest BCUT2D eigenvalue weighted by molar-refractivity contribution is -0.124. The lowest BCUT2D eigenvalue weighted by Gasteiger charge is -2.33. The molecule has 0 saturated heterocycles. The molecule has 4 atom stereocenters. The van der Waals surface area contributed by atoms with Gasteiger partial charge in [0.15, 0.2) is 0 Å². The number of amides is 1. The van der Waals surface area contributed by atoms with Crippen molar-refractivity contribution in [2.45, 2.75) is 64.5 Å². The number of rotatable bonds is 4. The minimum atomic E-state index is -0.283. The zero-order valence-electron chi connectivity index (χ0n) is 11.1. The molecule has 2 aliphatic carbocycles. The first-order valence-electron chi connectivity index (χ1n) is 7.12. The summed E-state index contributed by atoms with van der Waals surface area (Å²) in [6.45, 7) is 4.54. The van der Waals surface area contributed by atoms with Gasteiger partial charge in [-0.1, -0.05) is 26.7 Å². The van der Waals surface area contributed by atoms with Gasteiger partial charge in [0.1, 0.15) is 0 Å². The molecule has 2 aliphatic rings. The summed E-state index contributed by atoms with van der Waals surface area (Å²) in [5.41, 5.74) is 5.94. The summed E-state index contributed by atoms with van der Waals surface area (Å²) in [5.74, 6) is 2.19. The fourth-order valence-electron chi connectivity index (χ4n) is 2.99. The molecule has 1 amide bonds. The Balaban J connectivity index is 1.76. The van der Waals surface area contributed by atoms with Gasteiger partial charge in [-0.05, 0) is 43.4 Å². The van der Waals surface area contributed by atoms with E-state index in [4.69, 9.17) is 5.73 Å². The molecule has 0 heterocycles. The number of nitrogens with one attached hydrogen (secondary N) is 1. The van der Waals surface area contributed by atoms with Gasteiger partial charge >= 0.3 is 0 Å². The van der Waals surface area contributed by atoms with Crippen LogP contribution >= 0.6 is 0 Å². The molecule has 0 spiro atoms. The van der Waals surface area contributed by atoms with Crippen LogP contribution in [0.1, 0.15) is 52.4 Å². The Kier molecular flexibility index (Phi) is 4.08. The quantitative estimate of drug-likeness (QED) is 0.787. The first kappa shape index (κ1) is 12.9. The number of nitrogens with two attached hydrogens (primary N) is 1. The molecule has 3 nitrogen and oxygen atoms in total. The fraction of sp³-hybridized carbons (Fsp3) is 0.929. The van der Waals surface area contributed by atoms with Crippen LogP contribution in [0, 0.1) is 17.8 Å². The van der Waals surface area contributed by atoms with Crippen LogP contribution in [0.5, 0.6) is 0 Å². The maximum atomic E-state index is 12.0. The van der Waals surface area contributed by atoms with Crippen molar-refractivity contribution < 1.29 is 4.79 Å². The Bertz CT molecular complexity index is 275. The summed E-state index contributed by atoms with van der Waals surface area (Å²) >= 11 is 0. The molecule has 3 N–H and O–H groups in total. The smallest absolute Gasteiger partial charge is 0.237 e. The van der Waals surface area contributed by atoms with Crippen LogP contribution in [-0.2, 0) is 4.79 Å². The predicted octanol–water partition coefficient (Wildman–Crippen LogP) is 2.05. The van der Waals surface area contributed by atoms with Crippen molar-refractivity contribution in [3.05, 3.63) is 0 Å². The normalized spacial score (nSPS) is 35.4. The second-order valence-corrected chi connectivity index (χ2v) is 6.30. The van der Waals surface area contributed by atoms with Gasteiger partial charge in [0.05, 0.1) is 6.04 Å². The standard InChI is InChI=1S/C14H26N2O/c1-9-3-6-13(10(2)7-9)16-14(17)12(15)8-11-4-5-11/h9-13H,3-8,15H2,1-2H3,(H,16,17). The zero-order chi connectivity index (χ0) is 12.4. The third kappa shape index (κ3) is 3.70. The van der Waals surface area contributed by atoms with Crippen LogP contribution in [0.25, 0.3) is 0 Å². The molecular weight excluding hydrogens is 212 g/mol. The third-order valence-corrected chi connectivity index (χ3v) is 4.38. The van der Waals surface area contributed by atoms with Crippen LogP contribution in [0.3, 0.4) is 0 Å². The van der Waals surface area contributed by atoms with E-state index < -0.39 is 0 Å². The van der Waals surface area contributed by atoms with Crippen molar-refractivity contribution in [3.8, 4) is 0 Å². The van der Waals surface area contributed by atoms with Gasteiger partial charge in [-0.2, -0.15) is 0 Å². The maximum absolute atomic E-state index is 12.0. The second kappa shape index (κ2) is 5.38.